The molecule has 0 atom stereocenters. The Hall–Kier alpha value is -6.64. The van der Waals surface area contributed by atoms with E-state index in [2.05, 4.69) is 177 Å². The van der Waals surface area contributed by atoms with E-state index in [-0.39, 0.29) is 5.75 Å². The van der Waals surface area contributed by atoms with Gasteiger partial charge >= 0.3 is 0 Å². The van der Waals surface area contributed by atoms with Gasteiger partial charge in [-0.25, -0.2) is 0 Å². The summed E-state index contributed by atoms with van der Waals surface area (Å²) in [5, 5.41) is 12.3. The Morgan fingerprint density at radius 2 is 0.818 bits per heavy atom. The van der Waals surface area contributed by atoms with Gasteiger partial charge in [0.2, 0.25) is 0 Å². The maximum absolute atomic E-state index is 12.3. The van der Waals surface area contributed by atoms with E-state index in [1.165, 1.54) is 89.0 Å². The van der Waals surface area contributed by atoms with E-state index in [1.54, 1.807) is 0 Å². The van der Waals surface area contributed by atoms with Crippen LogP contribution in [0.15, 0.2) is 164 Å². The predicted molar refractivity (Wildman–Crippen MR) is 224 cm³/mol. The van der Waals surface area contributed by atoms with E-state index < -0.39 is 10.8 Å². The van der Waals surface area contributed by atoms with Gasteiger partial charge in [0, 0.05) is 0 Å². The molecule has 2 nitrogen and oxygen atoms in total. The summed E-state index contributed by atoms with van der Waals surface area (Å²) in [6.45, 7) is 6.73. The molecule has 2 spiro atoms. The normalized spacial score (nSPS) is 15.1. The van der Waals surface area contributed by atoms with Crippen LogP contribution in [0.1, 0.15) is 61.2 Å². The summed E-state index contributed by atoms with van der Waals surface area (Å²) in [4.78, 5) is 2.41. The molecule has 4 aliphatic rings. The van der Waals surface area contributed by atoms with Crippen molar-refractivity contribution in [2.24, 2.45) is 0 Å². The molecule has 8 aromatic carbocycles. The first-order valence-corrected chi connectivity index (χ1v) is 19.3. The van der Waals surface area contributed by atoms with Crippen molar-refractivity contribution >= 4 is 17.1 Å². The average Bonchev–Trinajstić information content (AvgIpc) is 3.66. The zero-order valence-corrected chi connectivity index (χ0v) is 31.0. The van der Waals surface area contributed by atoms with Crippen molar-refractivity contribution in [3.05, 3.63) is 225 Å². The second kappa shape index (κ2) is 10.5. The van der Waals surface area contributed by atoms with Crippen molar-refractivity contribution in [3.63, 3.8) is 0 Å². The molecule has 0 saturated heterocycles. The molecule has 1 N–H and O–H groups in total. The van der Waals surface area contributed by atoms with Gasteiger partial charge in [0.15, 0.2) is 0 Å². The Labute approximate surface area is 321 Å². The minimum Gasteiger partial charge on any atom is -0.506 e. The minimum atomic E-state index is -0.699. The number of nitrogens with zero attached hydrogens (tertiary/aromatic N) is 1. The van der Waals surface area contributed by atoms with Gasteiger partial charge in [-0.1, -0.05) is 145 Å². The van der Waals surface area contributed by atoms with Crippen molar-refractivity contribution in [1.82, 2.24) is 0 Å². The first-order chi connectivity index (χ1) is 27.0. The smallest absolute Gasteiger partial charge is 0.139 e. The molecule has 2 heteroatoms. The van der Waals surface area contributed by atoms with Crippen molar-refractivity contribution in [1.29, 1.82) is 0 Å². The Morgan fingerprint density at radius 1 is 0.400 bits per heavy atom. The summed E-state index contributed by atoms with van der Waals surface area (Å²) in [5.74, 6) is 0.280. The number of aromatic hydroxyl groups is 1. The molecule has 12 rings (SSSR count). The number of aryl methyl sites for hydroxylation is 3. The number of hydrogen-bond donors (Lipinski definition) is 1. The van der Waals surface area contributed by atoms with Crippen LogP contribution in [-0.2, 0) is 10.8 Å². The summed E-state index contributed by atoms with van der Waals surface area (Å²) in [6.07, 6.45) is 0. The zero-order valence-electron chi connectivity index (χ0n) is 31.0. The third-order valence-electron chi connectivity index (χ3n) is 13.2. The lowest BCUT2D eigenvalue weighted by Gasteiger charge is -2.52. The third kappa shape index (κ3) is 3.52. The van der Waals surface area contributed by atoms with Gasteiger partial charge in [0.05, 0.1) is 27.9 Å². The number of benzene rings is 8. The molecule has 0 saturated carbocycles. The Kier molecular flexibility index (Phi) is 5.89. The summed E-state index contributed by atoms with van der Waals surface area (Å²) in [5.41, 5.74) is 23.0. The van der Waals surface area contributed by atoms with E-state index in [0.29, 0.717) is 0 Å². The number of rotatable bonds is 1. The van der Waals surface area contributed by atoms with Crippen LogP contribution in [0, 0.1) is 20.8 Å². The molecule has 0 amide bonds. The van der Waals surface area contributed by atoms with Gasteiger partial charge in [-0.2, -0.15) is 0 Å². The number of hydrogen-bond acceptors (Lipinski definition) is 2. The molecule has 2 aliphatic heterocycles. The van der Waals surface area contributed by atoms with Crippen LogP contribution in [0.25, 0.3) is 33.4 Å². The maximum Gasteiger partial charge on any atom is 0.139 e. The van der Waals surface area contributed by atoms with E-state index >= 15 is 0 Å². The molecule has 0 bridgehead atoms. The second-order valence-corrected chi connectivity index (χ2v) is 15.9. The molecule has 8 aromatic rings. The van der Waals surface area contributed by atoms with Crippen LogP contribution in [0.2, 0.25) is 0 Å². The van der Waals surface area contributed by atoms with Crippen molar-refractivity contribution < 1.29 is 5.11 Å². The summed E-state index contributed by atoms with van der Waals surface area (Å²) < 4.78 is 0. The first-order valence-electron chi connectivity index (χ1n) is 19.3. The predicted octanol–water partition coefficient (Wildman–Crippen LogP) is 12.8. The fourth-order valence-electron chi connectivity index (χ4n) is 11.6. The quantitative estimate of drug-likeness (QED) is 0.184. The fraction of sp³-hybridized carbons (Fsp3) is 0.0943. The lowest BCUT2D eigenvalue weighted by Crippen LogP contribution is -2.43. The number of phenols is 1. The van der Waals surface area contributed by atoms with Gasteiger partial charge in [-0.15, -0.1) is 0 Å². The van der Waals surface area contributed by atoms with Crippen LogP contribution in [-0.4, -0.2) is 5.11 Å². The molecule has 0 radical (unpaired) electrons. The molecule has 55 heavy (non-hydrogen) atoms. The lowest BCUT2D eigenvalue weighted by molar-refractivity contribution is 0.474. The molecular formula is C53H37NO. The highest BCUT2D eigenvalue weighted by atomic mass is 16.3. The maximum atomic E-state index is 12.3. The number of phenolic OH excluding ortho intramolecular Hbond substituents is 1. The van der Waals surface area contributed by atoms with Crippen molar-refractivity contribution in [2.75, 3.05) is 4.90 Å². The van der Waals surface area contributed by atoms with Crippen LogP contribution < -0.4 is 4.90 Å². The van der Waals surface area contributed by atoms with Crippen LogP contribution >= 0.6 is 0 Å². The molecular weight excluding hydrogens is 667 g/mol. The van der Waals surface area contributed by atoms with Gasteiger partial charge in [-0.3, -0.25) is 0 Å². The van der Waals surface area contributed by atoms with Gasteiger partial charge in [-0.05, 0) is 134 Å². The highest BCUT2D eigenvalue weighted by molar-refractivity contribution is 6.04. The Morgan fingerprint density at radius 3 is 1.33 bits per heavy atom. The van der Waals surface area contributed by atoms with Crippen LogP contribution in [0.3, 0.4) is 0 Å². The van der Waals surface area contributed by atoms with Gasteiger partial charge in [0.25, 0.3) is 0 Å². The first kappa shape index (κ1) is 30.8. The van der Waals surface area contributed by atoms with E-state index in [4.69, 9.17) is 0 Å². The van der Waals surface area contributed by atoms with E-state index in [9.17, 15) is 5.11 Å². The molecule has 2 aliphatic carbocycles. The third-order valence-corrected chi connectivity index (χ3v) is 13.2. The van der Waals surface area contributed by atoms with Crippen LogP contribution in [0.4, 0.5) is 17.1 Å². The molecule has 0 aromatic heterocycles. The lowest BCUT2D eigenvalue weighted by atomic mass is 9.58. The molecule has 0 fully saturated rings. The van der Waals surface area contributed by atoms with Gasteiger partial charge in [0.1, 0.15) is 5.75 Å². The number of para-hydroxylation sites is 2. The summed E-state index contributed by atoms with van der Waals surface area (Å²) in [7, 11) is 0. The Balaban J connectivity index is 1.37. The standard InChI is InChI=1S/C53H37NO/c1-31-27-32(2)49(33(3)28-31)34-29-45-50-46(30-34)53(41-21-10-6-17-37(41)38-18-7-11-22-42(38)53)44-24-14-26-48(55)51(44)54(50)47-25-13-12-23-43(47)52(45)39-19-8-4-15-35(39)36-16-5-9-20-40(36)52/h4-30,55H,1-3H3. The van der Waals surface area contributed by atoms with Crippen molar-refractivity contribution in [2.45, 2.75) is 31.6 Å². The monoisotopic (exact) mass is 703 g/mol. The van der Waals surface area contributed by atoms with Crippen LogP contribution in [0.5, 0.6) is 5.75 Å². The minimum absolute atomic E-state index is 0.280. The Bertz CT molecular complexity index is 2870. The topological polar surface area (TPSA) is 23.5 Å². The summed E-state index contributed by atoms with van der Waals surface area (Å²) >= 11 is 0. The molecule has 0 unspecified atom stereocenters. The zero-order chi connectivity index (χ0) is 36.8. The molecule has 2 heterocycles. The highest BCUT2D eigenvalue weighted by Gasteiger charge is 2.59. The average molecular weight is 704 g/mol. The van der Waals surface area contributed by atoms with Crippen molar-refractivity contribution in [3.8, 4) is 39.1 Å². The van der Waals surface area contributed by atoms with E-state index in [1.807, 2.05) is 12.1 Å². The second-order valence-electron chi connectivity index (χ2n) is 15.9. The number of fused-ring (bicyclic) bond motifs is 18. The highest BCUT2D eigenvalue weighted by Crippen LogP contribution is 2.71. The summed E-state index contributed by atoms with van der Waals surface area (Å²) in [6, 6.07) is 60.8. The number of anilines is 3. The van der Waals surface area contributed by atoms with E-state index in [0.717, 1.165) is 22.6 Å². The SMILES string of the molecule is Cc1cc(C)c(-c2cc3c4c(c2)C2(c5ccccc5-c5ccccc52)c2cccc(O)c2N4c2ccccc2C32c3ccccc3-c3ccccc32)c(C)c1. The molecule has 260 valence electrons. The largest absolute Gasteiger partial charge is 0.506 e. The fourth-order valence-corrected chi connectivity index (χ4v) is 11.6. The van der Waals surface area contributed by atoms with Gasteiger partial charge < -0.3 is 10.0 Å².